The van der Waals surface area contributed by atoms with Crippen molar-refractivity contribution >= 4 is 0 Å². The van der Waals surface area contributed by atoms with Gasteiger partial charge in [-0.2, -0.15) is 0 Å². The summed E-state index contributed by atoms with van der Waals surface area (Å²) in [4.78, 5) is 4.16. The summed E-state index contributed by atoms with van der Waals surface area (Å²) < 4.78 is 0. The standard InChI is InChI=1S/C17H22N2O/c1-14(5-4-10-20)19-12-15-6-2-7-16(11-15)17-8-3-9-18-13-17/h2-3,6-9,11,13-14,19-20H,4-5,10,12H2,1H3. The second kappa shape index (κ2) is 7.78. The first-order valence-corrected chi connectivity index (χ1v) is 7.13. The average Bonchev–Trinajstić information content (AvgIpc) is 2.52. The van der Waals surface area contributed by atoms with Crippen molar-refractivity contribution in [1.82, 2.24) is 10.3 Å². The Hall–Kier alpha value is -1.71. The molecule has 20 heavy (non-hydrogen) atoms. The van der Waals surface area contributed by atoms with E-state index in [-0.39, 0.29) is 6.61 Å². The van der Waals surface area contributed by atoms with E-state index >= 15 is 0 Å². The van der Waals surface area contributed by atoms with Gasteiger partial charge in [-0.05, 0) is 48.6 Å². The molecule has 0 radical (unpaired) electrons. The van der Waals surface area contributed by atoms with Crippen molar-refractivity contribution in [2.24, 2.45) is 0 Å². The molecule has 1 aromatic heterocycles. The minimum Gasteiger partial charge on any atom is -0.396 e. The van der Waals surface area contributed by atoms with Gasteiger partial charge in [0, 0.05) is 31.6 Å². The highest BCUT2D eigenvalue weighted by Crippen LogP contribution is 2.19. The summed E-state index contributed by atoms with van der Waals surface area (Å²) in [6, 6.07) is 13.0. The molecule has 1 aromatic carbocycles. The molecule has 1 heterocycles. The zero-order valence-corrected chi connectivity index (χ0v) is 11.9. The molecule has 0 spiro atoms. The van der Waals surface area contributed by atoms with E-state index < -0.39 is 0 Å². The number of aliphatic hydroxyl groups is 1. The second-order valence-electron chi connectivity index (χ2n) is 5.09. The molecule has 0 amide bonds. The van der Waals surface area contributed by atoms with E-state index in [1.165, 1.54) is 11.1 Å². The fourth-order valence-corrected chi connectivity index (χ4v) is 2.19. The van der Waals surface area contributed by atoms with Crippen LogP contribution in [-0.4, -0.2) is 22.7 Å². The summed E-state index contributed by atoms with van der Waals surface area (Å²) >= 11 is 0. The maximum absolute atomic E-state index is 8.83. The first kappa shape index (κ1) is 14.7. The number of aromatic nitrogens is 1. The maximum Gasteiger partial charge on any atom is 0.0431 e. The van der Waals surface area contributed by atoms with Crippen LogP contribution in [0.3, 0.4) is 0 Å². The molecule has 0 fully saturated rings. The topological polar surface area (TPSA) is 45.1 Å². The second-order valence-corrected chi connectivity index (χ2v) is 5.09. The zero-order chi connectivity index (χ0) is 14.2. The van der Waals surface area contributed by atoms with Crippen LogP contribution in [0.1, 0.15) is 25.3 Å². The molecule has 3 nitrogen and oxygen atoms in total. The predicted molar refractivity (Wildman–Crippen MR) is 82.3 cm³/mol. The van der Waals surface area contributed by atoms with E-state index in [2.05, 4.69) is 47.6 Å². The Labute approximate surface area is 120 Å². The monoisotopic (exact) mass is 270 g/mol. The lowest BCUT2D eigenvalue weighted by atomic mass is 10.0. The van der Waals surface area contributed by atoms with Crippen molar-refractivity contribution < 1.29 is 5.11 Å². The summed E-state index contributed by atoms with van der Waals surface area (Å²) in [6.45, 7) is 3.27. The summed E-state index contributed by atoms with van der Waals surface area (Å²) in [6.07, 6.45) is 5.52. The Morgan fingerprint density at radius 3 is 2.80 bits per heavy atom. The Kier molecular flexibility index (Phi) is 5.71. The van der Waals surface area contributed by atoms with E-state index in [4.69, 9.17) is 5.11 Å². The average molecular weight is 270 g/mol. The molecule has 106 valence electrons. The highest BCUT2D eigenvalue weighted by Gasteiger charge is 2.03. The molecule has 2 rings (SSSR count). The van der Waals surface area contributed by atoms with Gasteiger partial charge in [0.05, 0.1) is 0 Å². The van der Waals surface area contributed by atoms with Crippen LogP contribution in [0.15, 0.2) is 48.8 Å². The normalized spacial score (nSPS) is 12.3. The van der Waals surface area contributed by atoms with Crippen LogP contribution in [0, 0.1) is 0 Å². The Balaban J connectivity index is 1.96. The molecule has 0 aliphatic heterocycles. The van der Waals surface area contributed by atoms with E-state index in [1.807, 2.05) is 12.3 Å². The number of nitrogens with zero attached hydrogens (tertiary/aromatic N) is 1. The molecule has 0 saturated heterocycles. The van der Waals surface area contributed by atoms with Gasteiger partial charge in [0.15, 0.2) is 0 Å². The third-order valence-corrected chi connectivity index (χ3v) is 3.37. The number of pyridine rings is 1. The van der Waals surface area contributed by atoms with E-state index in [0.29, 0.717) is 6.04 Å². The van der Waals surface area contributed by atoms with Crippen LogP contribution >= 0.6 is 0 Å². The van der Waals surface area contributed by atoms with Crippen molar-refractivity contribution in [2.75, 3.05) is 6.61 Å². The van der Waals surface area contributed by atoms with Crippen LogP contribution in [0.5, 0.6) is 0 Å². The number of rotatable bonds is 7. The van der Waals surface area contributed by atoms with Crippen molar-refractivity contribution in [1.29, 1.82) is 0 Å². The van der Waals surface area contributed by atoms with Crippen LogP contribution in [0.4, 0.5) is 0 Å². The summed E-state index contributed by atoms with van der Waals surface area (Å²) in [5, 5.41) is 12.3. The maximum atomic E-state index is 8.83. The molecule has 0 aliphatic carbocycles. The molecule has 2 N–H and O–H groups in total. The lowest BCUT2D eigenvalue weighted by molar-refractivity contribution is 0.276. The van der Waals surface area contributed by atoms with Gasteiger partial charge in [-0.25, -0.2) is 0 Å². The van der Waals surface area contributed by atoms with Gasteiger partial charge in [-0.15, -0.1) is 0 Å². The van der Waals surface area contributed by atoms with Crippen LogP contribution in [-0.2, 0) is 6.54 Å². The Morgan fingerprint density at radius 1 is 1.20 bits per heavy atom. The summed E-state index contributed by atoms with van der Waals surface area (Å²) in [7, 11) is 0. The number of hydrogen-bond acceptors (Lipinski definition) is 3. The minimum atomic E-state index is 0.266. The highest BCUT2D eigenvalue weighted by molar-refractivity contribution is 5.62. The Morgan fingerprint density at radius 2 is 2.05 bits per heavy atom. The first-order chi connectivity index (χ1) is 9.79. The third-order valence-electron chi connectivity index (χ3n) is 3.37. The van der Waals surface area contributed by atoms with Gasteiger partial charge in [-0.3, -0.25) is 4.98 Å². The summed E-state index contributed by atoms with van der Waals surface area (Å²) in [5.74, 6) is 0. The number of nitrogens with one attached hydrogen (secondary N) is 1. The van der Waals surface area contributed by atoms with E-state index in [1.54, 1.807) is 6.20 Å². The lowest BCUT2D eigenvalue weighted by Gasteiger charge is -2.13. The van der Waals surface area contributed by atoms with Gasteiger partial charge >= 0.3 is 0 Å². The molecule has 0 bridgehead atoms. The van der Waals surface area contributed by atoms with Crippen molar-refractivity contribution in [3.8, 4) is 11.1 Å². The molecule has 1 unspecified atom stereocenters. The number of aliphatic hydroxyl groups excluding tert-OH is 1. The van der Waals surface area contributed by atoms with Crippen molar-refractivity contribution in [3.05, 3.63) is 54.4 Å². The highest BCUT2D eigenvalue weighted by atomic mass is 16.2. The van der Waals surface area contributed by atoms with Crippen LogP contribution in [0.25, 0.3) is 11.1 Å². The Bertz CT molecular complexity index is 513. The molecular formula is C17H22N2O. The summed E-state index contributed by atoms with van der Waals surface area (Å²) in [5.41, 5.74) is 3.60. The molecular weight excluding hydrogens is 248 g/mol. The largest absolute Gasteiger partial charge is 0.396 e. The molecule has 2 aromatic rings. The van der Waals surface area contributed by atoms with Crippen molar-refractivity contribution in [2.45, 2.75) is 32.4 Å². The number of benzene rings is 1. The quantitative estimate of drug-likeness (QED) is 0.813. The van der Waals surface area contributed by atoms with Gasteiger partial charge in [0.2, 0.25) is 0 Å². The van der Waals surface area contributed by atoms with Gasteiger partial charge in [0.1, 0.15) is 0 Å². The molecule has 3 heteroatoms. The third kappa shape index (κ3) is 4.44. The van der Waals surface area contributed by atoms with Gasteiger partial charge in [0.25, 0.3) is 0 Å². The molecule has 0 aliphatic rings. The fraction of sp³-hybridized carbons (Fsp3) is 0.353. The minimum absolute atomic E-state index is 0.266. The van der Waals surface area contributed by atoms with Crippen LogP contribution < -0.4 is 5.32 Å². The molecule has 0 saturated carbocycles. The van der Waals surface area contributed by atoms with Gasteiger partial charge < -0.3 is 10.4 Å². The molecule has 1 atom stereocenters. The fourth-order valence-electron chi connectivity index (χ4n) is 2.19. The lowest BCUT2D eigenvalue weighted by Crippen LogP contribution is -2.25. The van der Waals surface area contributed by atoms with Crippen LogP contribution in [0.2, 0.25) is 0 Å². The SMILES string of the molecule is CC(CCCO)NCc1cccc(-c2cccnc2)c1. The van der Waals surface area contributed by atoms with Crippen molar-refractivity contribution in [3.63, 3.8) is 0 Å². The predicted octanol–water partition coefficient (Wildman–Crippen LogP) is 3.00. The van der Waals surface area contributed by atoms with Gasteiger partial charge in [-0.1, -0.05) is 24.3 Å². The number of hydrogen-bond donors (Lipinski definition) is 2. The van der Waals surface area contributed by atoms with E-state index in [9.17, 15) is 0 Å². The zero-order valence-electron chi connectivity index (χ0n) is 11.9. The smallest absolute Gasteiger partial charge is 0.0431 e. The van der Waals surface area contributed by atoms with E-state index in [0.717, 1.165) is 24.9 Å². The first-order valence-electron chi connectivity index (χ1n) is 7.13.